The van der Waals surface area contributed by atoms with Gasteiger partial charge in [-0.1, -0.05) is 17.3 Å². The maximum atomic E-state index is 13.2. The molecule has 0 saturated carbocycles. The fourth-order valence-electron chi connectivity index (χ4n) is 3.47. The molecule has 33 heavy (non-hydrogen) atoms. The number of anilines is 1. The van der Waals surface area contributed by atoms with Gasteiger partial charge in [0, 0.05) is 17.3 Å². The van der Waals surface area contributed by atoms with Gasteiger partial charge in [-0.15, -0.1) is 0 Å². The van der Waals surface area contributed by atoms with Gasteiger partial charge in [0.15, 0.2) is 5.76 Å². The molecule has 4 rings (SSSR count). The Morgan fingerprint density at radius 2 is 1.82 bits per heavy atom. The predicted octanol–water partition coefficient (Wildman–Crippen LogP) is 3.62. The molecular weight excluding hydrogens is 444 g/mol. The fraction of sp³-hybridized carbons (Fsp3) is 0.174. The first-order valence-corrected chi connectivity index (χ1v) is 11.5. The Labute approximate surface area is 190 Å². The molecule has 0 fully saturated rings. The first kappa shape index (κ1) is 22.3. The van der Waals surface area contributed by atoms with Crippen LogP contribution in [0.15, 0.2) is 68.8 Å². The van der Waals surface area contributed by atoms with Crippen LogP contribution >= 0.6 is 0 Å². The number of benzene rings is 2. The lowest BCUT2D eigenvalue weighted by Gasteiger charge is -2.14. The minimum absolute atomic E-state index is 0.0547. The van der Waals surface area contributed by atoms with Crippen molar-refractivity contribution in [2.75, 3.05) is 11.8 Å². The van der Waals surface area contributed by atoms with Crippen LogP contribution in [0.25, 0.3) is 16.9 Å². The van der Waals surface area contributed by atoms with Crippen molar-refractivity contribution in [1.82, 2.24) is 14.9 Å². The Morgan fingerprint density at radius 3 is 2.48 bits per heavy atom. The summed E-state index contributed by atoms with van der Waals surface area (Å²) in [5.74, 6) is 0.623. The van der Waals surface area contributed by atoms with E-state index in [-0.39, 0.29) is 16.2 Å². The SMILES string of the molecule is COc1ccc(-c2ccc(=O)n(-c3c(C)noc3C)n2)cc1S(=O)(=O)Nc1cccc(C)c1. The molecule has 0 aliphatic carbocycles. The number of ether oxygens (including phenoxy) is 1. The standard InChI is InChI=1S/C23H22N4O5S/c1-14-6-5-7-18(12-14)26-33(29,30)21-13-17(8-10-20(21)31-4)19-9-11-22(28)27(24-19)23-15(2)25-32-16(23)3/h5-13,26H,1-4H3. The van der Waals surface area contributed by atoms with E-state index in [9.17, 15) is 13.2 Å². The first-order valence-electron chi connectivity index (χ1n) is 10.0. The fourth-order valence-corrected chi connectivity index (χ4v) is 4.72. The van der Waals surface area contributed by atoms with Gasteiger partial charge < -0.3 is 9.26 Å². The zero-order chi connectivity index (χ0) is 23.8. The normalized spacial score (nSPS) is 11.4. The lowest BCUT2D eigenvalue weighted by Crippen LogP contribution is -2.21. The van der Waals surface area contributed by atoms with Crippen molar-refractivity contribution in [2.45, 2.75) is 25.7 Å². The average Bonchev–Trinajstić information content (AvgIpc) is 3.11. The molecule has 0 unspecified atom stereocenters. The van der Waals surface area contributed by atoms with E-state index < -0.39 is 10.0 Å². The molecular formula is C23H22N4O5S. The number of methoxy groups -OCH3 is 1. The van der Waals surface area contributed by atoms with Crippen LogP contribution in [0.1, 0.15) is 17.0 Å². The number of aromatic nitrogens is 3. The predicted molar refractivity (Wildman–Crippen MR) is 123 cm³/mol. The highest BCUT2D eigenvalue weighted by atomic mass is 32.2. The number of sulfonamides is 1. The summed E-state index contributed by atoms with van der Waals surface area (Å²) < 4.78 is 40.6. The van der Waals surface area contributed by atoms with Gasteiger partial charge in [0.25, 0.3) is 15.6 Å². The lowest BCUT2D eigenvalue weighted by molar-refractivity contribution is 0.392. The van der Waals surface area contributed by atoms with Gasteiger partial charge in [0.05, 0.1) is 12.8 Å². The molecule has 0 aliphatic rings. The molecule has 9 nitrogen and oxygen atoms in total. The van der Waals surface area contributed by atoms with Crippen LogP contribution in [0.5, 0.6) is 5.75 Å². The van der Waals surface area contributed by atoms with E-state index in [1.807, 2.05) is 13.0 Å². The second kappa shape index (κ2) is 8.55. The number of hydrogen-bond donors (Lipinski definition) is 1. The van der Waals surface area contributed by atoms with Crippen LogP contribution in [0.4, 0.5) is 5.69 Å². The minimum Gasteiger partial charge on any atom is -0.495 e. The summed E-state index contributed by atoms with van der Waals surface area (Å²) in [6.45, 7) is 5.27. The van der Waals surface area contributed by atoms with Gasteiger partial charge >= 0.3 is 0 Å². The number of nitrogens with one attached hydrogen (secondary N) is 1. The van der Waals surface area contributed by atoms with E-state index in [0.717, 1.165) is 5.56 Å². The van der Waals surface area contributed by atoms with Gasteiger partial charge in [0.1, 0.15) is 22.0 Å². The minimum atomic E-state index is -3.97. The van der Waals surface area contributed by atoms with Gasteiger partial charge in [-0.2, -0.15) is 9.78 Å². The molecule has 2 heterocycles. The van der Waals surface area contributed by atoms with E-state index >= 15 is 0 Å². The van der Waals surface area contributed by atoms with Gasteiger partial charge in [-0.3, -0.25) is 9.52 Å². The molecule has 170 valence electrons. The zero-order valence-corrected chi connectivity index (χ0v) is 19.3. The molecule has 0 amide bonds. The summed E-state index contributed by atoms with van der Waals surface area (Å²) in [7, 11) is -2.58. The first-order chi connectivity index (χ1) is 15.7. The maximum absolute atomic E-state index is 13.2. The molecule has 0 aliphatic heterocycles. The number of hydrogen-bond acceptors (Lipinski definition) is 7. The smallest absolute Gasteiger partial charge is 0.271 e. The molecule has 4 aromatic rings. The molecule has 0 atom stereocenters. The van der Waals surface area contributed by atoms with Crippen molar-refractivity contribution >= 4 is 15.7 Å². The Morgan fingerprint density at radius 1 is 1.03 bits per heavy atom. The zero-order valence-electron chi connectivity index (χ0n) is 18.5. The third-order valence-corrected chi connectivity index (χ3v) is 6.43. The molecule has 0 radical (unpaired) electrons. The molecule has 0 spiro atoms. The summed E-state index contributed by atoms with van der Waals surface area (Å²) in [5.41, 5.74) is 2.83. The van der Waals surface area contributed by atoms with E-state index in [2.05, 4.69) is 15.0 Å². The highest BCUT2D eigenvalue weighted by Gasteiger charge is 2.22. The Balaban J connectivity index is 1.81. The topological polar surface area (TPSA) is 116 Å². The van der Waals surface area contributed by atoms with E-state index in [4.69, 9.17) is 9.26 Å². The highest BCUT2D eigenvalue weighted by Crippen LogP contribution is 2.30. The molecule has 1 N–H and O–H groups in total. The molecule has 10 heteroatoms. The third-order valence-electron chi connectivity index (χ3n) is 5.03. The van der Waals surface area contributed by atoms with Crippen LogP contribution < -0.4 is 15.0 Å². The largest absolute Gasteiger partial charge is 0.495 e. The number of rotatable bonds is 6. The monoisotopic (exact) mass is 466 g/mol. The van der Waals surface area contributed by atoms with Crippen molar-refractivity contribution in [3.05, 3.63) is 82.0 Å². The Bertz CT molecular complexity index is 1490. The molecule has 0 saturated heterocycles. The Hall–Kier alpha value is -3.92. The Kier molecular flexibility index (Phi) is 5.77. The van der Waals surface area contributed by atoms with Crippen molar-refractivity contribution < 1.29 is 17.7 Å². The maximum Gasteiger partial charge on any atom is 0.271 e. The summed E-state index contributed by atoms with van der Waals surface area (Å²) >= 11 is 0. The lowest BCUT2D eigenvalue weighted by atomic mass is 10.1. The highest BCUT2D eigenvalue weighted by molar-refractivity contribution is 7.92. The summed E-state index contributed by atoms with van der Waals surface area (Å²) in [6.07, 6.45) is 0. The van der Waals surface area contributed by atoms with E-state index in [0.29, 0.717) is 34.1 Å². The van der Waals surface area contributed by atoms with Crippen LogP contribution in [0.3, 0.4) is 0 Å². The van der Waals surface area contributed by atoms with Crippen molar-refractivity contribution in [2.24, 2.45) is 0 Å². The van der Waals surface area contributed by atoms with E-state index in [1.165, 1.54) is 30.0 Å². The molecule has 2 aromatic heterocycles. The number of nitrogens with zero attached hydrogens (tertiary/aromatic N) is 3. The van der Waals surface area contributed by atoms with Crippen molar-refractivity contribution in [1.29, 1.82) is 0 Å². The third kappa shape index (κ3) is 4.37. The second-order valence-electron chi connectivity index (χ2n) is 7.48. The second-order valence-corrected chi connectivity index (χ2v) is 9.13. The quantitative estimate of drug-likeness (QED) is 0.461. The van der Waals surface area contributed by atoms with Crippen LogP contribution in [-0.2, 0) is 10.0 Å². The van der Waals surface area contributed by atoms with Gasteiger partial charge in [-0.05, 0) is 62.7 Å². The molecule has 0 bridgehead atoms. The summed E-state index contributed by atoms with van der Waals surface area (Å²) in [5, 5.41) is 8.30. The van der Waals surface area contributed by atoms with Crippen LogP contribution in [0, 0.1) is 20.8 Å². The van der Waals surface area contributed by atoms with Crippen molar-refractivity contribution in [3.63, 3.8) is 0 Å². The summed E-state index contributed by atoms with van der Waals surface area (Å²) in [6, 6.07) is 14.6. The molecule has 2 aromatic carbocycles. The van der Waals surface area contributed by atoms with Crippen LogP contribution in [0.2, 0.25) is 0 Å². The van der Waals surface area contributed by atoms with Crippen molar-refractivity contribution in [3.8, 4) is 22.7 Å². The number of aryl methyl sites for hydroxylation is 3. The summed E-state index contributed by atoms with van der Waals surface area (Å²) in [4.78, 5) is 12.4. The van der Waals surface area contributed by atoms with Crippen LogP contribution in [-0.4, -0.2) is 30.5 Å². The van der Waals surface area contributed by atoms with Gasteiger partial charge in [-0.25, -0.2) is 8.42 Å². The average molecular weight is 467 g/mol. The van der Waals surface area contributed by atoms with E-state index in [1.54, 1.807) is 44.2 Å². The van der Waals surface area contributed by atoms with Gasteiger partial charge in [0.2, 0.25) is 0 Å².